The highest BCUT2D eigenvalue weighted by atomic mass is 15.0. The molecule has 0 amide bonds. The summed E-state index contributed by atoms with van der Waals surface area (Å²) in [7, 11) is 2.07. The standard InChI is InChI=1S/C12H15N3/c1-15-6-4-11-12(15)7-9(8-14-11)10-3-2-5-13-10/h4,6-8,10,13H,2-3,5H2,1H3. The van der Waals surface area contributed by atoms with Gasteiger partial charge in [0, 0.05) is 25.5 Å². The molecule has 3 rings (SSSR count). The second kappa shape index (κ2) is 3.35. The van der Waals surface area contributed by atoms with E-state index in [0.29, 0.717) is 6.04 Å². The predicted molar refractivity (Wildman–Crippen MR) is 60.7 cm³/mol. The third-order valence-corrected chi connectivity index (χ3v) is 3.22. The molecule has 0 saturated carbocycles. The molecule has 0 aliphatic carbocycles. The first-order valence-electron chi connectivity index (χ1n) is 5.49. The van der Waals surface area contributed by atoms with E-state index in [2.05, 4.69) is 40.2 Å². The molecule has 1 atom stereocenters. The lowest BCUT2D eigenvalue weighted by molar-refractivity contribution is 0.646. The summed E-state index contributed by atoms with van der Waals surface area (Å²) in [4.78, 5) is 4.49. The van der Waals surface area contributed by atoms with Gasteiger partial charge >= 0.3 is 0 Å². The summed E-state index contributed by atoms with van der Waals surface area (Å²) in [5.74, 6) is 0. The molecule has 2 aromatic heterocycles. The largest absolute Gasteiger partial charge is 0.349 e. The Morgan fingerprint density at radius 1 is 1.53 bits per heavy atom. The molecule has 1 aliphatic heterocycles. The predicted octanol–water partition coefficient (Wildman–Crippen LogP) is 2.00. The summed E-state index contributed by atoms with van der Waals surface area (Å²) >= 11 is 0. The number of nitrogens with one attached hydrogen (secondary N) is 1. The molecule has 78 valence electrons. The second-order valence-corrected chi connectivity index (χ2v) is 4.25. The van der Waals surface area contributed by atoms with E-state index in [9.17, 15) is 0 Å². The maximum Gasteiger partial charge on any atom is 0.0881 e. The van der Waals surface area contributed by atoms with E-state index in [0.717, 1.165) is 12.1 Å². The van der Waals surface area contributed by atoms with Crippen molar-refractivity contribution in [2.45, 2.75) is 18.9 Å². The molecule has 3 heteroatoms. The Morgan fingerprint density at radius 2 is 2.47 bits per heavy atom. The number of hydrogen-bond acceptors (Lipinski definition) is 2. The zero-order valence-corrected chi connectivity index (χ0v) is 8.90. The van der Waals surface area contributed by atoms with Crippen molar-refractivity contribution >= 4 is 11.0 Å². The van der Waals surface area contributed by atoms with Gasteiger partial charge in [-0.2, -0.15) is 0 Å². The van der Waals surface area contributed by atoms with Crippen molar-refractivity contribution in [3.63, 3.8) is 0 Å². The van der Waals surface area contributed by atoms with Gasteiger partial charge in [0.25, 0.3) is 0 Å². The number of rotatable bonds is 1. The first-order valence-corrected chi connectivity index (χ1v) is 5.49. The van der Waals surface area contributed by atoms with Crippen LogP contribution in [0.1, 0.15) is 24.4 Å². The van der Waals surface area contributed by atoms with E-state index >= 15 is 0 Å². The fourth-order valence-electron chi connectivity index (χ4n) is 2.31. The molecule has 3 heterocycles. The zero-order chi connectivity index (χ0) is 10.3. The Kier molecular flexibility index (Phi) is 1.99. The van der Waals surface area contributed by atoms with E-state index in [-0.39, 0.29) is 0 Å². The molecule has 15 heavy (non-hydrogen) atoms. The van der Waals surface area contributed by atoms with Crippen LogP contribution in [-0.2, 0) is 7.05 Å². The summed E-state index contributed by atoms with van der Waals surface area (Å²) < 4.78 is 2.13. The van der Waals surface area contributed by atoms with Crippen molar-refractivity contribution in [3.8, 4) is 0 Å². The van der Waals surface area contributed by atoms with Gasteiger partial charge in [0.1, 0.15) is 0 Å². The van der Waals surface area contributed by atoms with Gasteiger partial charge in [0.15, 0.2) is 0 Å². The van der Waals surface area contributed by atoms with Crippen LogP contribution >= 0.6 is 0 Å². The van der Waals surface area contributed by atoms with Crippen molar-refractivity contribution in [1.82, 2.24) is 14.9 Å². The van der Waals surface area contributed by atoms with Crippen molar-refractivity contribution in [2.24, 2.45) is 7.05 Å². The molecule has 1 unspecified atom stereocenters. The van der Waals surface area contributed by atoms with Crippen molar-refractivity contribution in [2.75, 3.05) is 6.54 Å². The van der Waals surface area contributed by atoms with Crippen LogP contribution in [0.4, 0.5) is 0 Å². The fraction of sp³-hybridized carbons (Fsp3) is 0.417. The minimum absolute atomic E-state index is 0.511. The monoisotopic (exact) mass is 201 g/mol. The van der Waals surface area contributed by atoms with Crippen LogP contribution in [0.5, 0.6) is 0 Å². The molecule has 0 radical (unpaired) electrons. The molecular formula is C12H15N3. The zero-order valence-electron chi connectivity index (χ0n) is 8.90. The second-order valence-electron chi connectivity index (χ2n) is 4.25. The van der Waals surface area contributed by atoms with E-state index in [4.69, 9.17) is 0 Å². The van der Waals surface area contributed by atoms with Crippen LogP contribution in [0.3, 0.4) is 0 Å². The molecule has 1 N–H and O–H groups in total. The van der Waals surface area contributed by atoms with Crippen LogP contribution in [0, 0.1) is 0 Å². The van der Waals surface area contributed by atoms with Gasteiger partial charge in [-0.05, 0) is 37.1 Å². The summed E-state index contributed by atoms with van der Waals surface area (Å²) in [6.45, 7) is 1.13. The highest BCUT2D eigenvalue weighted by Crippen LogP contribution is 2.24. The third kappa shape index (κ3) is 1.43. The average molecular weight is 201 g/mol. The lowest BCUT2D eigenvalue weighted by Gasteiger charge is -2.10. The lowest BCUT2D eigenvalue weighted by Crippen LogP contribution is -2.13. The van der Waals surface area contributed by atoms with Gasteiger partial charge in [0.05, 0.1) is 11.0 Å². The molecule has 1 fully saturated rings. The Morgan fingerprint density at radius 3 is 3.27 bits per heavy atom. The molecule has 0 spiro atoms. The van der Waals surface area contributed by atoms with Gasteiger partial charge < -0.3 is 9.88 Å². The van der Waals surface area contributed by atoms with Crippen LogP contribution in [0.15, 0.2) is 24.5 Å². The fourth-order valence-corrected chi connectivity index (χ4v) is 2.31. The highest BCUT2D eigenvalue weighted by Gasteiger charge is 2.16. The third-order valence-electron chi connectivity index (χ3n) is 3.22. The summed E-state index contributed by atoms with van der Waals surface area (Å²) in [5.41, 5.74) is 3.63. The molecular weight excluding hydrogens is 186 g/mol. The highest BCUT2D eigenvalue weighted by molar-refractivity contribution is 5.76. The molecule has 1 aliphatic rings. The maximum atomic E-state index is 4.49. The Bertz CT molecular complexity index is 481. The van der Waals surface area contributed by atoms with Crippen LogP contribution in [0.25, 0.3) is 11.0 Å². The lowest BCUT2D eigenvalue weighted by atomic mass is 10.1. The molecule has 2 aromatic rings. The van der Waals surface area contributed by atoms with Gasteiger partial charge in [-0.15, -0.1) is 0 Å². The maximum absolute atomic E-state index is 4.49. The average Bonchev–Trinajstić information content (AvgIpc) is 2.88. The topological polar surface area (TPSA) is 29.9 Å². The smallest absolute Gasteiger partial charge is 0.0881 e. The van der Waals surface area contributed by atoms with Gasteiger partial charge in [-0.3, -0.25) is 4.98 Å². The minimum atomic E-state index is 0.511. The molecule has 1 saturated heterocycles. The van der Waals surface area contributed by atoms with E-state index in [1.165, 1.54) is 23.9 Å². The summed E-state index contributed by atoms with van der Waals surface area (Å²) in [6.07, 6.45) is 6.57. The Labute approximate surface area is 89.1 Å². The molecule has 0 bridgehead atoms. The van der Waals surface area contributed by atoms with Crippen molar-refractivity contribution < 1.29 is 0 Å². The molecule has 0 aromatic carbocycles. The number of hydrogen-bond donors (Lipinski definition) is 1. The van der Waals surface area contributed by atoms with E-state index in [1.807, 2.05) is 6.20 Å². The summed E-state index contributed by atoms with van der Waals surface area (Å²) in [6, 6.07) is 4.82. The quantitative estimate of drug-likeness (QED) is 0.764. The first kappa shape index (κ1) is 8.92. The normalized spacial score (nSPS) is 21.3. The number of aryl methyl sites for hydroxylation is 1. The Hall–Kier alpha value is -1.35. The van der Waals surface area contributed by atoms with Gasteiger partial charge in [0.2, 0.25) is 0 Å². The molecule has 3 nitrogen and oxygen atoms in total. The van der Waals surface area contributed by atoms with Crippen LogP contribution in [-0.4, -0.2) is 16.1 Å². The SMILES string of the molecule is Cn1ccc2ncc(C3CCCN3)cc21. The van der Waals surface area contributed by atoms with Crippen molar-refractivity contribution in [3.05, 3.63) is 30.1 Å². The van der Waals surface area contributed by atoms with Gasteiger partial charge in [-0.25, -0.2) is 0 Å². The van der Waals surface area contributed by atoms with Gasteiger partial charge in [-0.1, -0.05) is 0 Å². The first-order chi connectivity index (χ1) is 7.34. The van der Waals surface area contributed by atoms with E-state index < -0.39 is 0 Å². The number of nitrogens with zero attached hydrogens (tertiary/aromatic N) is 2. The minimum Gasteiger partial charge on any atom is -0.349 e. The Balaban J connectivity index is 2.08. The summed E-state index contributed by atoms with van der Waals surface area (Å²) in [5, 5.41) is 3.50. The number of pyridine rings is 1. The van der Waals surface area contributed by atoms with Crippen molar-refractivity contribution in [1.29, 1.82) is 0 Å². The van der Waals surface area contributed by atoms with E-state index in [1.54, 1.807) is 0 Å². The van der Waals surface area contributed by atoms with Crippen LogP contribution < -0.4 is 5.32 Å². The number of aromatic nitrogens is 2. The van der Waals surface area contributed by atoms with Crippen LogP contribution in [0.2, 0.25) is 0 Å². The number of fused-ring (bicyclic) bond motifs is 1.